The normalized spacial score (nSPS) is 21.1. The Hall–Kier alpha value is -2.23. The zero-order valence-electron chi connectivity index (χ0n) is 34.8. The maximum absolute atomic E-state index is 12.3. The second kappa shape index (κ2) is 19.6. The standard InChI is InChI=1S/C16H28O2.C12H20O5.C12H26O2Si/c1-7-14(2,3)13(17)18-12-10-11-8-9-16(12,6)15(11,4)5;1-5-12(3,4)11(15)17-7-6-16-10(14)8-9(2)13;1-7-12(2,3)11(13)14-9-8-10-15(4,5)6/h11-12H,7-10H2,1-6H3;5-8H2,1-4H3;7-10H2,1-6H3. The van der Waals surface area contributed by atoms with Crippen molar-refractivity contribution in [3.63, 3.8) is 0 Å². The highest BCUT2D eigenvalue weighted by molar-refractivity contribution is 6.76. The molecule has 2 rings (SSSR count). The fourth-order valence-electron chi connectivity index (χ4n) is 5.73. The third-order valence-electron chi connectivity index (χ3n) is 11.5. The van der Waals surface area contributed by atoms with E-state index in [-0.39, 0.29) is 65.7 Å². The van der Waals surface area contributed by atoms with Crippen molar-refractivity contribution in [3.8, 4) is 0 Å². The van der Waals surface area contributed by atoms with Gasteiger partial charge in [0.1, 0.15) is 31.5 Å². The van der Waals surface area contributed by atoms with Gasteiger partial charge in [0.2, 0.25) is 0 Å². The number of carbonyl (C=O) groups excluding carboxylic acids is 5. The number of hydrogen-bond acceptors (Lipinski definition) is 9. The van der Waals surface area contributed by atoms with Crippen molar-refractivity contribution < 1.29 is 42.9 Å². The lowest BCUT2D eigenvalue weighted by Gasteiger charge is -2.39. The van der Waals surface area contributed by atoms with Crippen LogP contribution in [-0.4, -0.2) is 63.7 Å². The lowest BCUT2D eigenvalue weighted by atomic mass is 9.70. The molecule has 0 radical (unpaired) electrons. The molecule has 2 aliphatic carbocycles. The van der Waals surface area contributed by atoms with Gasteiger partial charge in [0.05, 0.1) is 22.9 Å². The summed E-state index contributed by atoms with van der Waals surface area (Å²) in [6, 6.07) is 1.23. The molecule has 10 heteroatoms. The number of rotatable bonds is 16. The van der Waals surface area contributed by atoms with Gasteiger partial charge in [-0.1, -0.05) is 67.2 Å². The Morgan fingerprint density at radius 2 is 1.14 bits per heavy atom. The van der Waals surface area contributed by atoms with E-state index in [1.54, 1.807) is 13.8 Å². The number of esters is 4. The van der Waals surface area contributed by atoms with Crippen LogP contribution >= 0.6 is 0 Å². The van der Waals surface area contributed by atoms with Crippen LogP contribution in [0.5, 0.6) is 0 Å². The molecule has 50 heavy (non-hydrogen) atoms. The first-order valence-electron chi connectivity index (χ1n) is 18.8. The van der Waals surface area contributed by atoms with E-state index in [1.165, 1.54) is 25.8 Å². The van der Waals surface area contributed by atoms with Crippen molar-refractivity contribution in [1.29, 1.82) is 0 Å². The van der Waals surface area contributed by atoms with Crippen molar-refractivity contribution in [2.24, 2.45) is 33.0 Å². The maximum atomic E-state index is 12.3. The fraction of sp³-hybridized carbons (Fsp3) is 0.875. The summed E-state index contributed by atoms with van der Waals surface area (Å²) in [6.45, 7) is 33.3. The Balaban J connectivity index is 0.000000725. The number of carbonyl (C=O) groups is 5. The highest BCUT2D eigenvalue weighted by atomic mass is 28.3. The van der Waals surface area contributed by atoms with Crippen LogP contribution in [0.25, 0.3) is 0 Å². The lowest BCUT2D eigenvalue weighted by Crippen LogP contribution is -2.40. The molecule has 0 N–H and O–H groups in total. The highest BCUT2D eigenvalue weighted by Gasteiger charge is 2.63. The first kappa shape index (κ1) is 47.8. The fourth-order valence-corrected chi connectivity index (χ4v) is 6.94. The Kier molecular flexibility index (Phi) is 18.7. The van der Waals surface area contributed by atoms with E-state index >= 15 is 0 Å². The van der Waals surface area contributed by atoms with Gasteiger partial charge < -0.3 is 18.9 Å². The number of ether oxygens (including phenoxy) is 4. The van der Waals surface area contributed by atoms with Gasteiger partial charge in [-0.15, -0.1) is 0 Å². The smallest absolute Gasteiger partial charge is 0.313 e. The number of hydrogen-bond donors (Lipinski definition) is 0. The quantitative estimate of drug-likeness (QED) is 0.0503. The molecule has 2 saturated carbocycles. The van der Waals surface area contributed by atoms with E-state index < -0.39 is 19.5 Å². The van der Waals surface area contributed by atoms with Gasteiger partial charge in [-0.2, -0.15) is 0 Å². The zero-order valence-corrected chi connectivity index (χ0v) is 35.8. The van der Waals surface area contributed by atoms with Gasteiger partial charge in [0, 0.05) is 13.5 Å². The van der Waals surface area contributed by atoms with Crippen molar-refractivity contribution in [1.82, 2.24) is 0 Å². The van der Waals surface area contributed by atoms with E-state index in [9.17, 15) is 24.0 Å². The average molecular weight is 727 g/mol. The van der Waals surface area contributed by atoms with E-state index in [0.717, 1.165) is 31.6 Å². The van der Waals surface area contributed by atoms with Gasteiger partial charge in [0.25, 0.3) is 0 Å². The molecule has 0 spiro atoms. The molecule has 0 heterocycles. The molecular formula is C40H74O9Si. The van der Waals surface area contributed by atoms with Gasteiger partial charge in [0.15, 0.2) is 0 Å². The highest BCUT2D eigenvalue weighted by Crippen LogP contribution is 2.66. The van der Waals surface area contributed by atoms with Crippen LogP contribution in [0.3, 0.4) is 0 Å². The van der Waals surface area contributed by atoms with E-state index in [4.69, 9.17) is 18.9 Å². The Bertz CT molecular complexity index is 1130. The molecule has 0 aromatic carbocycles. The second-order valence-electron chi connectivity index (χ2n) is 18.3. The molecule has 2 aliphatic rings. The monoisotopic (exact) mass is 727 g/mol. The van der Waals surface area contributed by atoms with Crippen LogP contribution < -0.4 is 0 Å². The Morgan fingerprint density at radius 3 is 1.52 bits per heavy atom. The minimum absolute atomic E-state index is 0.0143. The number of fused-ring (bicyclic) bond motifs is 2. The largest absolute Gasteiger partial charge is 0.465 e. The summed E-state index contributed by atoms with van der Waals surface area (Å²) in [4.78, 5) is 56.9. The minimum atomic E-state index is -0.975. The van der Waals surface area contributed by atoms with Crippen molar-refractivity contribution in [3.05, 3.63) is 0 Å². The van der Waals surface area contributed by atoms with E-state index in [0.29, 0.717) is 18.4 Å². The molecule has 2 bridgehead atoms. The molecule has 0 amide bonds. The Labute approximate surface area is 306 Å². The predicted octanol–water partition coefficient (Wildman–Crippen LogP) is 9.36. The second-order valence-corrected chi connectivity index (χ2v) is 23.9. The van der Waals surface area contributed by atoms with Crippen molar-refractivity contribution >= 4 is 37.7 Å². The topological polar surface area (TPSA) is 122 Å². The van der Waals surface area contributed by atoms with Crippen LogP contribution in [-0.2, 0) is 42.9 Å². The molecule has 2 fully saturated rings. The third kappa shape index (κ3) is 14.8. The number of ketones is 1. The summed E-state index contributed by atoms with van der Waals surface area (Å²) >= 11 is 0. The zero-order chi connectivity index (χ0) is 39.4. The minimum Gasteiger partial charge on any atom is -0.465 e. The first-order valence-corrected chi connectivity index (χ1v) is 22.5. The van der Waals surface area contributed by atoms with Crippen LogP contribution in [0.15, 0.2) is 0 Å². The molecule has 3 unspecified atom stereocenters. The molecule has 0 saturated heterocycles. The molecule has 292 valence electrons. The van der Waals surface area contributed by atoms with Crippen molar-refractivity contribution in [2.45, 2.75) is 173 Å². The maximum Gasteiger partial charge on any atom is 0.313 e. The summed E-state index contributed by atoms with van der Waals surface area (Å²) in [5.41, 5.74) is -0.698. The SMILES string of the molecule is CCC(C)(C)C(=O)OC1CC2CCC1(C)C2(C)C.CCC(C)(C)C(=O)OCCC[Si](C)(C)C.CCC(C)(C)C(=O)OCCOC(=O)CC(C)=O. The van der Waals surface area contributed by atoms with Crippen LogP contribution in [0.4, 0.5) is 0 Å². The molecule has 0 aromatic heterocycles. The van der Waals surface area contributed by atoms with Gasteiger partial charge >= 0.3 is 23.9 Å². The summed E-state index contributed by atoms with van der Waals surface area (Å²) in [6.07, 6.45) is 6.82. The predicted molar refractivity (Wildman–Crippen MR) is 202 cm³/mol. The summed E-state index contributed by atoms with van der Waals surface area (Å²) in [5.74, 6) is -0.504. The van der Waals surface area contributed by atoms with Crippen LogP contribution in [0.2, 0.25) is 25.7 Å². The summed E-state index contributed by atoms with van der Waals surface area (Å²) in [5, 5.41) is 0. The van der Waals surface area contributed by atoms with Gasteiger partial charge in [-0.25, -0.2) is 0 Å². The van der Waals surface area contributed by atoms with E-state index in [2.05, 4.69) is 40.4 Å². The third-order valence-corrected chi connectivity index (χ3v) is 13.4. The van der Waals surface area contributed by atoms with Crippen LogP contribution in [0.1, 0.15) is 141 Å². The molecular weight excluding hydrogens is 653 g/mol. The number of Topliss-reactive ketones (excluding diaryl/α,β-unsaturated/α-hetero) is 1. The average Bonchev–Trinajstić information content (AvgIpc) is 3.34. The lowest BCUT2D eigenvalue weighted by molar-refractivity contribution is -0.167. The molecule has 0 aromatic rings. The van der Waals surface area contributed by atoms with Crippen LogP contribution in [0, 0.1) is 33.0 Å². The molecule has 3 atom stereocenters. The molecule has 9 nitrogen and oxygen atoms in total. The van der Waals surface area contributed by atoms with Crippen molar-refractivity contribution in [2.75, 3.05) is 19.8 Å². The molecule has 0 aliphatic heterocycles. The van der Waals surface area contributed by atoms with Gasteiger partial charge in [-0.3, -0.25) is 24.0 Å². The summed E-state index contributed by atoms with van der Waals surface area (Å²) < 4.78 is 20.8. The Morgan fingerprint density at radius 1 is 0.700 bits per heavy atom. The summed E-state index contributed by atoms with van der Waals surface area (Å²) in [7, 11) is -0.975. The van der Waals surface area contributed by atoms with Gasteiger partial charge in [-0.05, 0) is 105 Å². The first-order chi connectivity index (χ1) is 22.6. The van der Waals surface area contributed by atoms with E-state index in [1.807, 2.05) is 48.5 Å².